The van der Waals surface area contributed by atoms with Gasteiger partial charge in [-0.15, -0.1) is 11.3 Å². The highest BCUT2D eigenvalue weighted by atomic mass is 35.5. The van der Waals surface area contributed by atoms with Crippen LogP contribution in [0.2, 0.25) is 5.02 Å². The number of halogens is 1. The minimum absolute atomic E-state index is 0.0967. The molecule has 1 saturated carbocycles. The average molecular weight is 496 g/mol. The van der Waals surface area contributed by atoms with Gasteiger partial charge in [0.1, 0.15) is 6.04 Å². The van der Waals surface area contributed by atoms with Crippen molar-refractivity contribution in [2.45, 2.75) is 37.8 Å². The fourth-order valence-electron chi connectivity index (χ4n) is 4.18. The van der Waals surface area contributed by atoms with Gasteiger partial charge in [-0.2, -0.15) is 0 Å². The molecule has 1 atom stereocenters. The van der Waals surface area contributed by atoms with Crippen molar-refractivity contribution in [1.29, 1.82) is 0 Å². The maximum absolute atomic E-state index is 13.6. The molecule has 1 aromatic heterocycles. The van der Waals surface area contributed by atoms with Crippen LogP contribution >= 0.6 is 22.9 Å². The molecule has 0 unspecified atom stereocenters. The minimum atomic E-state index is -0.894. The summed E-state index contributed by atoms with van der Waals surface area (Å²) < 4.78 is 0. The molecule has 3 aromatic rings. The molecule has 2 aromatic carbocycles. The van der Waals surface area contributed by atoms with Gasteiger partial charge in [0.05, 0.1) is 11.4 Å². The number of nitrogens with zero attached hydrogens (tertiary/aromatic N) is 1. The van der Waals surface area contributed by atoms with E-state index in [-0.39, 0.29) is 24.4 Å². The van der Waals surface area contributed by atoms with Crippen LogP contribution in [0.3, 0.4) is 0 Å². The highest BCUT2D eigenvalue weighted by Gasteiger charge is 2.34. The third kappa shape index (κ3) is 5.85. The summed E-state index contributed by atoms with van der Waals surface area (Å²) in [6.07, 6.45) is 4.02. The van der Waals surface area contributed by atoms with Gasteiger partial charge in [0.25, 0.3) is 5.91 Å². The summed E-state index contributed by atoms with van der Waals surface area (Å²) in [5.41, 5.74) is 1.21. The Kier molecular flexibility index (Phi) is 7.98. The van der Waals surface area contributed by atoms with E-state index in [4.69, 9.17) is 11.6 Å². The number of benzene rings is 2. The highest BCUT2D eigenvalue weighted by molar-refractivity contribution is 7.12. The monoisotopic (exact) mass is 495 g/mol. The molecular formula is C26H26ClN3O3S. The molecule has 0 saturated heterocycles. The molecule has 1 fully saturated rings. The molecule has 0 spiro atoms. The van der Waals surface area contributed by atoms with Gasteiger partial charge in [0, 0.05) is 16.8 Å². The van der Waals surface area contributed by atoms with Crippen molar-refractivity contribution < 1.29 is 14.4 Å². The Morgan fingerprint density at radius 2 is 1.68 bits per heavy atom. The Balaban J connectivity index is 1.65. The molecule has 0 aliphatic heterocycles. The first-order valence-corrected chi connectivity index (χ1v) is 12.5. The van der Waals surface area contributed by atoms with E-state index in [1.807, 2.05) is 30.3 Å². The third-order valence-corrected chi connectivity index (χ3v) is 6.96. The van der Waals surface area contributed by atoms with Crippen molar-refractivity contribution in [3.05, 3.63) is 87.6 Å². The molecular weight excluding hydrogens is 470 g/mol. The Morgan fingerprint density at radius 1 is 0.971 bits per heavy atom. The largest absolute Gasteiger partial charge is 0.351 e. The molecule has 8 heteroatoms. The Hall–Kier alpha value is -3.16. The highest BCUT2D eigenvalue weighted by Crippen LogP contribution is 2.30. The zero-order chi connectivity index (χ0) is 23.9. The van der Waals surface area contributed by atoms with Crippen molar-refractivity contribution in [1.82, 2.24) is 10.6 Å². The quantitative estimate of drug-likeness (QED) is 0.463. The molecule has 1 heterocycles. The molecule has 3 amide bonds. The van der Waals surface area contributed by atoms with Crippen LogP contribution in [0, 0.1) is 0 Å². The van der Waals surface area contributed by atoms with Crippen molar-refractivity contribution in [3.63, 3.8) is 0 Å². The molecule has 1 aliphatic rings. The molecule has 0 radical (unpaired) electrons. The number of hydrogen-bond acceptors (Lipinski definition) is 4. The first kappa shape index (κ1) is 24.0. The normalized spacial score (nSPS) is 14.4. The molecule has 34 heavy (non-hydrogen) atoms. The van der Waals surface area contributed by atoms with Gasteiger partial charge in [-0.05, 0) is 54.1 Å². The second-order valence-electron chi connectivity index (χ2n) is 8.20. The van der Waals surface area contributed by atoms with Crippen LogP contribution in [-0.4, -0.2) is 30.3 Å². The lowest BCUT2D eigenvalue weighted by molar-refractivity contribution is -0.126. The number of carbonyl (C=O) groups excluding carboxylic acids is 3. The van der Waals surface area contributed by atoms with Crippen LogP contribution in [0.4, 0.5) is 5.69 Å². The van der Waals surface area contributed by atoms with E-state index in [1.165, 1.54) is 16.2 Å². The molecule has 2 N–H and O–H groups in total. The first-order valence-electron chi connectivity index (χ1n) is 11.3. The summed E-state index contributed by atoms with van der Waals surface area (Å²) in [5, 5.41) is 8.15. The summed E-state index contributed by atoms with van der Waals surface area (Å²) in [7, 11) is 0. The summed E-state index contributed by atoms with van der Waals surface area (Å²) in [6, 6.07) is 18.7. The second-order valence-corrected chi connectivity index (χ2v) is 9.59. The zero-order valence-corrected chi connectivity index (χ0v) is 20.1. The van der Waals surface area contributed by atoms with Crippen LogP contribution in [0.15, 0.2) is 72.1 Å². The van der Waals surface area contributed by atoms with Gasteiger partial charge in [-0.25, -0.2) is 0 Å². The first-order chi connectivity index (χ1) is 16.5. The predicted octanol–water partition coefficient (Wildman–Crippen LogP) is 4.96. The summed E-state index contributed by atoms with van der Waals surface area (Å²) >= 11 is 7.39. The number of anilines is 1. The zero-order valence-electron chi connectivity index (χ0n) is 18.6. The van der Waals surface area contributed by atoms with E-state index < -0.39 is 11.9 Å². The maximum atomic E-state index is 13.6. The number of amides is 3. The van der Waals surface area contributed by atoms with Crippen molar-refractivity contribution >= 4 is 46.3 Å². The van der Waals surface area contributed by atoms with Gasteiger partial charge >= 0.3 is 0 Å². The SMILES string of the molecule is O=C(NCC(=O)N(c1ccc(Cl)cc1)[C@@H](C(=O)NC1CCCC1)c1ccccc1)c1cccs1. The van der Waals surface area contributed by atoms with E-state index in [1.54, 1.807) is 41.8 Å². The number of carbonyl (C=O) groups is 3. The van der Waals surface area contributed by atoms with E-state index in [9.17, 15) is 14.4 Å². The van der Waals surface area contributed by atoms with Crippen molar-refractivity contribution in [2.75, 3.05) is 11.4 Å². The number of nitrogens with one attached hydrogen (secondary N) is 2. The fourth-order valence-corrected chi connectivity index (χ4v) is 4.94. The second kappa shape index (κ2) is 11.3. The van der Waals surface area contributed by atoms with Crippen molar-refractivity contribution in [2.24, 2.45) is 0 Å². The van der Waals surface area contributed by atoms with Gasteiger partial charge in [0.2, 0.25) is 11.8 Å². The number of thiophene rings is 1. The number of hydrogen-bond donors (Lipinski definition) is 2. The molecule has 0 bridgehead atoms. The molecule has 176 valence electrons. The smallest absolute Gasteiger partial charge is 0.261 e. The van der Waals surface area contributed by atoms with Gasteiger partial charge < -0.3 is 10.6 Å². The van der Waals surface area contributed by atoms with E-state index >= 15 is 0 Å². The van der Waals surface area contributed by atoms with Gasteiger partial charge in [-0.1, -0.05) is 60.8 Å². The number of rotatable bonds is 8. The summed E-state index contributed by atoms with van der Waals surface area (Å²) in [6.45, 7) is -0.251. The van der Waals surface area contributed by atoms with Gasteiger partial charge in [0.15, 0.2) is 0 Å². The van der Waals surface area contributed by atoms with E-state index in [0.29, 0.717) is 21.2 Å². The molecule has 6 nitrogen and oxygen atoms in total. The van der Waals surface area contributed by atoms with Gasteiger partial charge in [-0.3, -0.25) is 19.3 Å². The lowest BCUT2D eigenvalue weighted by Gasteiger charge is -2.32. The van der Waals surface area contributed by atoms with E-state index in [2.05, 4.69) is 10.6 Å². The Bertz CT molecular complexity index is 1110. The third-order valence-electron chi connectivity index (χ3n) is 5.84. The van der Waals surface area contributed by atoms with Crippen molar-refractivity contribution in [3.8, 4) is 0 Å². The summed E-state index contributed by atoms with van der Waals surface area (Å²) in [5.74, 6) is -0.972. The van der Waals surface area contributed by atoms with Crippen LogP contribution in [-0.2, 0) is 9.59 Å². The Labute approximate surface area is 207 Å². The lowest BCUT2D eigenvalue weighted by Crippen LogP contribution is -2.49. The lowest BCUT2D eigenvalue weighted by atomic mass is 10.0. The Morgan fingerprint density at radius 3 is 2.32 bits per heavy atom. The predicted molar refractivity (Wildman–Crippen MR) is 135 cm³/mol. The van der Waals surface area contributed by atoms with Crippen LogP contribution in [0.5, 0.6) is 0 Å². The topological polar surface area (TPSA) is 78.5 Å². The maximum Gasteiger partial charge on any atom is 0.261 e. The standard InChI is InChI=1S/C26H26ClN3O3S/c27-19-12-14-21(15-13-19)30(23(31)17-28-25(32)22-11-6-16-34-22)24(18-7-2-1-3-8-18)26(33)29-20-9-4-5-10-20/h1-3,6-8,11-16,20,24H,4-5,9-10,17H2,(H,28,32)(H,29,33)/t24-/m1/s1. The van der Waals surface area contributed by atoms with Crippen LogP contribution < -0.4 is 15.5 Å². The molecule has 4 rings (SSSR count). The summed E-state index contributed by atoms with van der Waals surface area (Å²) in [4.78, 5) is 41.6. The van der Waals surface area contributed by atoms with Crippen LogP contribution in [0.1, 0.15) is 47.0 Å². The fraction of sp³-hybridized carbons (Fsp3) is 0.269. The van der Waals surface area contributed by atoms with Crippen LogP contribution in [0.25, 0.3) is 0 Å². The van der Waals surface area contributed by atoms with E-state index in [0.717, 1.165) is 25.7 Å². The minimum Gasteiger partial charge on any atom is -0.351 e. The molecule has 1 aliphatic carbocycles. The average Bonchev–Trinajstić information content (AvgIpc) is 3.57.